The van der Waals surface area contributed by atoms with Gasteiger partial charge in [-0.2, -0.15) is 10.4 Å². The van der Waals surface area contributed by atoms with Crippen LogP contribution in [0.4, 0.5) is 5.69 Å². The number of nitrogens with zero attached hydrogens (tertiary/aromatic N) is 4. The van der Waals surface area contributed by atoms with Crippen molar-refractivity contribution in [3.8, 4) is 23.3 Å². The Balaban J connectivity index is 1.37. The van der Waals surface area contributed by atoms with E-state index in [1.807, 2.05) is 38.1 Å². The minimum Gasteiger partial charge on any atom is -0.486 e. The van der Waals surface area contributed by atoms with Gasteiger partial charge in [-0.15, -0.1) is 0 Å². The quantitative estimate of drug-likeness (QED) is 0.157. The fourth-order valence-corrected chi connectivity index (χ4v) is 4.03. The average Bonchev–Trinajstić information content (AvgIpc) is 3.53. The molecule has 0 saturated carbocycles. The Hall–Kier alpha value is -5.08. The fourth-order valence-electron chi connectivity index (χ4n) is 3.81. The number of nitrogens with one attached hydrogen (secondary N) is 1. The van der Waals surface area contributed by atoms with Gasteiger partial charge in [-0.05, 0) is 68.4 Å². The Morgan fingerprint density at radius 3 is 2.54 bits per heavy atom. The van der Waals surface area contributed by atoms with Gasteiger partial charge in [0.15, 0.2) is 12.4 Å². The maximum absolute atomic E-state index is 12.5. The number of ether oxygens (including phenoxy) is 2. The summed E-state index contributed by atoms with van der Waals surface area (Å²) in [6, 6.07) is 19.0. The van der Waals surface area contributed by atoms with Gasteiger partial charge in [-0.1, -0.05) is 11.6 Å². The molecule has 0 unspecified atom stereocenters. The molecule has 1 amide bonds. The maximum Gasteiger partial charge on any atom is 0.313 e. The van der Waals surface area contributed by atoms with Crippen LogP contribution >= 0.6 is 11.6 Å². The van der Waals surface area contributed by atoms with Crippen molar-refractivity contribution in [2.45, 2.75) is 20.5 Å². The summed E-state index contributed by atoms with van der Waals surface area (Å²) < 4.78 is 18.6. The first-order valence-electron chi connectivity index (χ1n) is 11.5. The Bertz CT molecular complexity index is 1560. The third-order valence-electron chi connectivity index (χ3n) is 5.54. The Morgan fingerprint density at radius 2 is 1.87 bits per heavy atom. The fraction of sp³-hybridized carbons (Fsp3) is 0.148. The number of carbonyl (C=O) groups excluding carboxylic acids is 1. The van der Waals surface area contributed by atoms with Crippen LogP contribution in [0.2, 0.25) is 5.02 Å². The first kappa shape index (κ1) is 27.0. The smallest absolute Gasteiger partial charge is 0.313 e. The van der Waals surface area contributed by atoms with Crippen LogP contribution < -0.4 is 14.9 Å². The largest absolute Gasteiger partial charge is 0.486 e. The Labute approximate surface area is 228 Å². The van der Waals surface area contributed by atoms with Crippen LogP contribution in [0.5, 0.6) is 11.5 Å². The normalized spacial score (nSPS) is 10.8. The number of aryl methyl sites for hydroxylation is 2. The second-order valence-corrected chi connectivity index (χ2v) is 8.68. The zero-order valence-corrected chi connectivity index (χ0v) is 21.6. The van der Waals surface area contributed by atoms with E-state index in [2.05, 4.69) is 27.2 Å². The van der Waals surface area contributed by atoms with E-state index < -0.39 is 23.1 Å². The van der Waals surface area contributed by atoms with Gasteiger partial charge in [-0.3, -0.25) is 14.9 Å². The number of benzene rings is 2. The van der Waals surface area contributed by atoms with Gasteiger partial charge < -0.3 is 18.5 Å². The standard InChI is InChI=1S/C27H22ClN5O6/c1-17-3-4-18(2)32(17)21-5-7-22(8-6-21)38-16-23-9-10-25(39-23)27(34)31-30-15-19-13-20(28)14-24(33(35)36)26(19)37-12-11-29/h3-10,13-15H,12,16H2,1-2H3,(H,31,34)/b30-15+. The van der Waals surface area contributed by atoms with Crippen molar-refractivity contribution in [1.29, 1.82) is 5.26 Å². The second kappa shape index (κ2) is 12.0. The van der Waals surface area contributed by atoms with E-state index in [1.54, 1.807) is 12.1 Å². The number of aromatic nitrogens is 1. The van der Waals surface area contributed by atoms with Gasteiger partial charge in [0.25, 0.3) is 0 Å². The summed E-state index contributed by atoms with van der Waals surface area (Å²) in [5.74, 6) is 0.183. The highest BCUT2D eigenvalue weighted by atomic mass is 35.5. The topological polar surface area (TPSA) is 145 Å². The number of amides is 1. The molecule has 11 nitrogen and oxygen atoms in total. The highest BCUT2D eigenvalue weighted by molar-refractivity contribution is 6.31. The van der Waals surface area contributed by atoms with E-state index in [9.17, 15) is 14.9 Å². The number of halogens is 1. The van der Waals surface area contributed by atoms with Gasteiger partial charge in [0.05, 0.1) is 11.1 Å². The molecule has 198 valence electrons. The van der Waals surface area contributed by atoms with E-state index >= 15 is 0 Å². The summed E-state index contributed by atoms with van der Waals surface area (Å²) in [5.41, 5.74) is 5.23. The lowest BCUT2D eigenvalue weighted by Crippen LogP contribution is -2.17. The number of nitro groups is 1. The molecule has 0 atom stereocenters. The minimum absolute atomic E-state index is 0.0160. The van der Waals surface area contributed by atoms with Gasteiger partial charge in [0.1, 0.15) is 24.2 Å². The molecule has 0 bridgehead atoms. The van der Waals surface area contributed by atoms with Crippen molar-refractivity contribution in [2.24, 2.45) is 5.10 Å². The van der Waals surface area contributed by atoms with Gasteiger partial charge in [0, 0.05) is 33.7 Å². The van der Waals surface area contributed by atoms with E-state index in [0.717, 1.165) is 29.4 Å². The summed E-state index contributed by atoms with van der Waals surface area (Å²) in [6.07, 6.45) is 1.12. The molecular weight excluding hydrogens is 526 g/mol. The van der Waals surface area contributed by atoms with Gasteiger partial charge >= 0.3 is 11.6 Å². The Morgan fingerprint density at radius 1 is 1.15 bits per heavy atom. The molecule has 0 spiro atoms. The van der Waals surface area contributed by atoms with Crippen LogP contribution in [0, 0.1) is 35.3 Å². The zero-order chi connectivity index (χ0) is 27.9. The van der Waals surface area contributed by atoms with Crippen molar-refractivity contribution in [3.63, 3.8) is 0 Å². The Kier molecular flexibility index (Phi) is 8.28. The SMILES string of the molecule is Cc1ccc(C)n1-c1ccc(OCc2ccc(C(=O)N/N=C/c3cc(Cl)cc([N+](=O)[O-])c3OCC#N)o2)cc1. The first-order valence-corrected chi connectivity index (χ1v) is 11.9. The summed E-state index contributed by atoms with van der Waals surface area (Å²) in [5, 5.41) is 24.0. The molecule has 0 aliphatic rings. The molecule has 0 saturated heterocycles. The van der Waals surface area contributed by atoms with E-state index in [1.165, 1.54) is 12.1 Å². The number of hydrogen-bond donors (Lipinski definition) is 1. The zero-order valence-electron chi connectivity index (χ0n) is 20.9. The summed E-state index contributed by atoms with van der Waals surface area (Å²) in [4.78, 5) is 23.1. The van der Waals surface area contributed by atoms with Gasteiger partial charge in [-0.25, -0.2) is 5.43 Å². The molecule has 0 radical (unpaired) electrons. The third kappa shape index (κ3) is 6.44. The first-order chi connectivity index (χ1) is 18.8. The molecule has 2 aromatic carbocycles. The molecule has 2 heterocycles. The molecule has 0 aliphatic carbocycles. The number of nitro benzene ring substituents is 1. The van der Waals surface area contributed by atoms with Crippen molar-refractivity contribution < 1.29 is 23.6 Å². The highest BCUT2D eigenvalue weighted by Crippen LogP contribution is 2.33. The maximum atomic E-state index is 12.5. The van der Waals surface area contributed by atoms with Gasteiger partial charge in [0.2, 0.25) is 5.75 Å². The number of hydrogen-bond acceptors (Lipinski definition) is 8. The van der Waals surface area contributed by atoms with Crippen molar-refractivity contribution in [3.05, 3.63) is 104 Å². The lowest BCUT2D eigenvalue weighted by molar-refractivity contribution is -0.385. The number of carbonyl (C=O) groups is 1. The molecule has 0 aliphatic heterocycles. The van der Waals surface area contributed by atoms with Crippen LogP contribution in [0.1, 0.15) is 33.3 Å². The molecule has 1 N–H and O–H groups in total. The minimum atomic E-state index is -0.695. The summed E-state index contributed by atoms with van der Waals surface area (Å²) in [7, 11) is 0. The predicted molar refractivity (Wildman–Crippen MR) is 143 cm³/mol. The van der Waals surface area contributed by atoms with Crippen LogP contribution in [0.25, 0.3) is 5.69 Å². The van der Waals surface area contributed by atoms with E-state index in [-0.39, 0.29) is 28.7 Å². The molecule has 4 rings (SSSR count). The van der Waals surface area contributed by atoms with Crippen molar-refractivity contribution >= 4 is 29.4 Å². The van der Waals surface area contributed by atoms with Crippen LogP contribution in [0.15, 0.2) is 70.2 Å². The number of rotatable bonds is 10. The molecule has 2 aromatic heterocycles. The highest BCUT2D eigenvalue weighted by Gasteiger charge is 2.21. The summed E-state index contributed by atoms with van der Waals surface area (Å²) in [6.45, 7) is 3.76. The lowest BCUT2D eigenvalue weighted by Gasteiger charge is -2.10. The number of furan rings is 1. The number of hydrazone groups is 1. The lowest BCUT2D eigenvalue weighted by atomic mass is 10.2. The van der Waals surface area contributed by atoms with E-state index in [4.69, 9.17) is 30.8 Å². The van der Waals surface area contributed by atoms with Crippen molar-refractivity contribution in [2.75, 3.05) is 6.61 Å². The van der Waals surface area contributed by atoms with Crippen molar-refractivity contribution in [1.82, 2.24) is 9.99 Å². The van der Waals surface area contributed by atoms with Crippen LogP contribution in [-0.4, -0.2) is 28.2 Å². The molecule has 39 heavy (non-hydrogen) atoms. The molecule has 12 heteroatoms. The predicted octanol–water partition coefficient (Wildman–Crippen LogP) is 5.49. The number of nitriles is 1. The molecule has 0 fully saturated rings. The molecular formula is C27H22ClN5O6. The monoisotopic (exact) mass is 547 g/mol. The van der Waals surface area contributed by atoms with Crippen LogP contribution in [-0.2, 0) is 6.61 Å². The second-order valence-electron chi connectivity index (χ2n) is 8.25. The van der Waals surface area contributed by atoms with E-state index in [0.29, 0.717) is 11.5 Å². The van der Waals surface area contributed by atoms with Crippen LogP contribution in [0.3, 0.4) is 0 Å². The third-order valence-corrected chi connectivity index (χ3v) is 5.76. The summed E-state index contributed by atoms with van der Waals surface area (Å²) >= 11 is 5.96. The molecule has 4 aromatic rings. The average molecular weight is 548 g/mol.